The molecular formula is C13H21F3N2O3. The zero-order chi connectivity index (χ0) is 16.4. The lowest BCUT2D eigenvalue weighted by Crippen LogP contribution is -2.53. The molecule has 1 rings (SSSR count). The van der Waals surface area contributed by atoms with Gasteiger partial charge in [-0.3, -0.25) is 4.79 Å². The number of hydrogen-bond donors (Lipinski definition) is 1. The molecule has 0 spiro atoms. The molecule has 0 aromatic heterocycles. The summed E-state index contributed by atoms with van der Waals surface area (Å²) in [6.45, 7) is 3.65. The van der Waals surface area contributed by atoms with Gasteiger partial charge >= 0.3 is 18.2 Å². The topological polar surface area (TPSA) is 60.9 Å². The Morgan fingerprint density at radius 1 is 1.29 bits per heavy atom. The van der Waals surface area contributed by atoms with Crippen molar-refractivity contribution in [3.8, 4) is 0 Å². The van der Waals surface area contributed by atoms with E-state index in [1.54, 1.807) is 6.92 Å². The summed E-state index contributed by atoms with van der Waals surface area (Å²) in [6.07, 6.45) is -3.97. The summed E-state index contributed by atoms with van der Waals surface area (Å²) in [6, 6.07) is -1.26. The third kappa shape index (κ3) is 4.50. The lowest BCUT2D eigenvalue weighted by molar-refractivity contribution is -0.150. The minimum absolute atomic E-state index is 0.155. The summed E-state index contributed by atoms with van der Waals surface area (Å²) in [5, 5.41) is 9.11. The lowest BCUT2D eigenvalue weighted by Gasteiger charge is -2.40. The first-order valence-corrected chi connectivity index (χ1v) is 6.82. The number of aliphatic carboxylic acids is 1. The number of amides is 2. The predicted octanol–water partition coefficient (Wildman–Crippen LogP) is 2.57. The Morgan fingerprint density at radius 3 is 2.10 bits per heavy atom. The fraction of sp³-hybridized carbons (Fsp3) is 0.846. The number of piperidine rings is 1. The smallest absolute Gasteiger partial charge is 0.406 e. The molecule has 1 aliphatic heterocycles. The number of likely N-dealkylation sites (tertiary alicyclic amines) is 1. The molecule has 0 atom stereocenters. The van der Waals surface area contributed by atoms with Gasteiger partial charge in [-0.05, 0) is 33.6 Å². The lowest BCUT2D eigenvalue weighted by atomic mass is 9.80. The van der Waals surface area contributed by atoms with Crippen molar-refractivity contribution in [1.82, 2.24) is 9.80 Å². The van der Waals surface area contributed by atoms with Crippen LogP contribution in [-0.2, 0) is 4.79 Å². The van der Waals surface area contributed by atoms with Crippen molar-refractivity contribution in [3.05, 3.63) is 0 Å². The summed E-state index contributed by atoms with van der Waals surface area (Å²) >= 11 is 0. The van der Waals surface area contributed by atoms with E-state index < -0.39 is 36.2 Å². The Bertz CT molecular complexity index is 402. The number of carbonyl (C=O) groups is 2. The van der Waals surface area contributed by atoms with Crippen LogP contribution in [0.3, 0.4) is 0 Å². The van der Waals surface area contributed by atoms with Crippen LogP contribution in [0, 0.1) is 5.41 Å². The van der Waals surface area contributed by atoms with Gasteiger partial charge in [-0.25, -0.2) is 4.79 Å². The van der Waals surface area contributed by atoms with Crippen LogP contribution in [0.25, 0.3) is 0 Å². The van der Waals surface area contributed by atoms with Gasteiger partial charge in [0.05, 0.1) is 5.41 Å². The first-order chi connectivity index (χ1) is 9.46. The Hall–Kier alpha value is -1.47. The van der Waals surface area contributed by atoms with Gasteiger partial charge in [-0.15, -0.1) is 0 Å². The molecule has 1 saturated heterocycles. The fourth-order valence-electron chi connectivity index (χ4n) is 2.25. The van der Waals surface area contributed by atoms with Crippen molar-refractivity contribution in [2.75, 3.05) is 19.6 Å². The van der Waals surface area contributed by atoms with Gasteiger partial charge in [-0.2, -0.15) is 13.2 Å². The number of nitrogens with zero attached hydrogens (tertiary/aromatic N) is 2. The summed E-state index contributed by atoms with van der Waals surface area (Å²) in [5.74, 6) is -0.939. The van der Waals surface area contributed by atoms with E-state index in [1.807, 2.05) is 0 Å². The van der Waals surface area contributed by atoms with Crippen LogP contribution in [0.5, 0.6) is 0 Å². The zero-order valence-electron chi connectivity index (χ0n) is 12.4. The number of carboxylic acids is 1. The minimum Gasteiger partial charge on any atom is -0.481 e. The summed E-state index contributed by atoms with van der Waals surface area (Å²) in [4.78, 5) is 25.4. The van der Waals surface area contributed by atoms with Gasteiger partial charge in [0.2, 0.25) is 0 Å². The molecular weight excluding hydrogens is 289 g/mol. The van der Waals surface area contributed by atoms with Crippen molar-refractivity contribution in [2.24, 2.45) is 5.41 Å². The Balaban J connectivity index is 2.73. The first-order valence-electron chi connectivity index (χ1n) is 6.82. The maximum atomic E-state index is 12.5. The second kappa shape index (κ2) is 6.11. The van der Waals surface area contributed by atoms with E-state index in [1.165, 1.54) is 18.7 Å². The van der Waals surface area contributed by atoms with E-state index in [0.717, 1.165) is 4.90 Å². The van der Waals surface area contributed by atoms with E-state index in [4.69, 9.17) is 5.11 Å². The number of urea groups is 1. The highest BCUT2D eigenvalue weighted by Gasteiger charge is 2.41. The SMILES string of the molecule is CC(C)N(CC(F)(F)F)C(=O)N1CCC(C)(C(=O)O)CC1. The highest BCUT2D eigenvalue weighted by Crippen LogP contribution is 2.32. The van der Waals surface area contributed by atoms with Crippen molar-refractivity contribution < 1.29 is 27.9 Å². The van der Waals surface area contributed by atoms with Gasteiger partial charge in [-0.1, -0.05) is 0 Å². The van der Waals surface area contributed by atoms with Crippen molar-refractivity contribution >= 4 is 12.0 Å². The van der Waals surface area contributed by atoms with E-state index in [9.17, 15) is 22.8 Å². The Morgan fingerprint density at radius 2 is 1.76 bits per heavy atom. The molecule has 21 heavy (non-hydrogen) atoms. The number of carboxylic acid groups (broad SMARTS) is 1. The summed E-state index contributed by atoms with van der Waals surface area (Å²) < 4.78 is 37.6. The van der Waals surface area contributed by atoms with Crippen LogP contribution in [0.2, 0.25) is 0 Å². The molecule has 0 radical (unpaired) electrons. The first kappa shape index (κ1) is 17.6. The third-order valence-corrected chi connectivity index (χ3v) is 3.87. The number of rotatable bonds is 3. The van der Waals surface area contributed by atoms with E-state index in [-0.39, 0.29) is 25.9 Å². The molecule has 1 N–H and O–H groups in total. The quantitative estimate of drug-likeness (QED) is 0.871. The molecule has 0 aromatic rings. The average Bonchev–Trinajstić information content (AvgIpc) is 2.34. The molecule has 0 aliphatic carbocycles. The van der Waals surface area contributed by atoms with Crippen molar-refractivity contribution in [3.63, 3.8) is 0 Å². The second-order valence-electron chi connectivity index (χ2n) is 5.97. The molecule has 0 bridgehead atoms. The van der Waals surface area contributed by atoms with E-state index >= 15 is 0 Å². The summed E-state index contributed by atoms with van der Waals surface area (Å²) in [7, 11) is 0. The van der Waals surface area contributed by atoms with Crippen LogP contribution in [0.15, 0.2) is 0 Å². The number of alkyl halides is 3. The molecule has 0 saturated carbocycles. The van der Waals surface area contributed by atoms with Gasteiger partial charge < -0.3 is 14.9 Å². The normalized spacial score (nSPS) is 18.7. The third-order valence-electron chi connectivity index (χ3n) is 3.87. The maximum absolute atomic E-state index is 12.5. The van der Waals surface area contributed by atoms with Gasteiger partial charge in [0.15, 0.2) is 0 Å². The molecule has 1 fully saturated rings. The Kier molecular flexibility index (Phi) is 5.11. The Labute approximate surface area is 121 Å². The van der Waals surface area contributed by atoms with Gasteiger partial charge in [0, 0.05) is 19.1 Å². The number of halogens is 3. The zero-order valence-corrected chi connectivity index (χ0v) is 12.4. The monoisotopic (exact) mass is 310 g/mol. The van der Waals surface area contributed by atoms with Gasteiger partial charge in [0.25, 0.3) is 0 Å². The number of carbonyl (C=O) groups excluding carboxylic acids is 1. The average molecular weight is 310 g/mol. The fourth-order valence-corrected chi connectivity index (χ4v) is 2.25. The second-order valence-corrected chi connectivity index (χ2v) is 5.97. The van der Waals surface area contributed by atoms with E-state index in [0.29, 0.717) is 0 Å². The molecule has 1 heterocycles. The molecule has 0 aromatic carbocycles. The van der Waals surface area contributed by atoms with Crippen LogP contribution in [0.1, 0.15) is 33.6 Å². The minimum atomic E-state index is -4.45. The predicted molar refractivity (Wildman–Crippen MR) is 69.8 cm³/mol. The molecule has 8 heteroatoms. The largest absolute Gasteiger partial charge is 0.481 e. The maximum Gasteiger partial charge on any atom is 0.406 e. The molecule has 2 amide bonds. The van der Waals surface area contributed by atoms with Crippen molar-refractivity contribution in [1.29, 1.82) is 0 Å². The highest BCUT2D eigenvalue weighted by atomic mass is 19.4. The van der Waals surface area contributed by atoms with Crippen LogP contribution < -0.4 is 0 Å². The number of hydrogen-bond acceptors (Lipinski definition) is 2. The highest BCUT2D eigenvalue weighted by molar-refractivity contribution is 5.77. The molecule has 0 unspecified atom stereocenters. The van der Waals surface area contributed by atoms with Crippen molar-refractivity contribution in [2.45, 2.75) is 45.8 Å². The molecule has 5 nitrogen and oxygen atoms in total. The van der Waals surface area contributed by atoms with Crippen LogP contribution >= 0.6 is 0 Å². The van der Waals surface area contributed by atoms with E-state index in [2.05, 4.69) is 0 Å². The van der Waals surface area contributed by atoms with Crippen LogP contribution in [0.4, 0.5) is 18.0 Å². The standard InChI is InChI=1S/C13H21F3N2O3/c1-9(2)18(8-13(14,15)16)11(21)17-6-4-12(3,5-7-17)10(19)20/h9H,4-8H2,1-3H3,(H,19,20). The van der Waals surface area contributed by atoms with Crippen LogP contribution in [-0.4, -0.2) is 58.8 Å². The molecule has 122 valence electrons. The molecule has 1 aliphatic rings. The van der Waals surface area contributed by atoms with Gasteiger partial charge in [0.1, 0.15) is 6.54 Å². The summed E-state index contributed by atoms with van der Waals surface area (Å²) in [5.41, 5.74) is -0.913.